The fourth-order valence-electron chi connectivity index (χ4n) is 2.13. The van der Waals surface area contributed by atoms with Crippen LogP contribution in [0.4, 0.5) is 5.69 Å². The second-order valence-corrected chi connectivity index (χ2v) is 5.92. The Morgan fingerprint density at radius 2 is 1.82 bits per heavy atom. The monoisotopic (exact) mass is 357 g/mol. The zero-order chi connectivity index (χ0) is 15.4. The van der Waals surface area contributed by atoms with Crippen LogP contribution < -0.4 is 5.32 Å². The number of nitrogens with one attached hydrogen (secondary N) is 1. The van der Waals surface area contributed by atoms with Crippen LogP contribution in [0.2, 0.25) is 0 Å². The van der Waals surface area contributed by atoms with E-state index in [4.69, 9.17) is 4.42 Å². The quantitative estimate of drug-likeness (QED) is 0.737. The van der Waals surface area contributed by atoms with Gasteiger partial charge in [0.1, 0.15) is 0 Å². The van der Waals surface area contributed by atoms with Gasteiger partial charge in [0.05, 0.1) is 13.0 Å². The highest BCUT2D eigenvalue weighted by molar-refractivity contribution is 9.10. The van der Waals surface area contributed by atoms with E-state index in [0.29, 0.717) is 24.7 Å². The summed E-state index contributed by atoms with van der Waals surface area (Å²) in [6, 6.07) is 16.2. The number of anilines is 1. The van der Waals surface area contributed by atoms with E-state index in [9.17, 15) is 0 Å². The highest BCUT2D eigenvalue weighted by atomic mass is 79.9. The van der Waals surface area contributed by atoms with Crippen LogP contribution in [-0.4, -0.2) is 10.2 Å². The number of hydrogen-bond donors (Lipinski definition) is 1. The molecule has 0 unspecified atom stereocenters. The summed E-state index contributed by atoms with van der Waals surface area (Å²) >= 11 is 3.49. The molecule has 0 aliphatic rings. The standard InChI is InChI=1S/C17H16BrN3O/c1-12-9-14(7-8-15(12)18)19-11-17-21-20-16(22-17)10-13-5-3-2-4-6-13/h2-9,19H,10-11H2,1H3. The highest BCUT2D eigenvalue weighted by Crippen LogP contribution is 2.20. The summed E-state index contributed by atoms with van der Waals surface area (Å²) in [4.78, 5) is 0. The highest BCUT2D eigenvalue weighted by Gasteiger charge is 2.07. The fraction of sp³-hybridized carbons (Fsp3) is 0.176. The van der Waals surface area contributed by atoms with E-state index < -0.39 is 0 Å². The van der Waals surface area contributed by atoms with Gasteiger partial charge in [-0.1, -0.05) is 46.3 Å². The van der Waals surface area contributed by atoms with Crippen molar-refractivity contribution < 1.29 is 4.42 Å². The number of hydrogen-bond acceptors (Lipinski definition) is 4. The van der Waals surface area contributed by atoms with Gasteiger partial charge in [-0.2, -0.15) is 0 Å². The van der Waals surface area contributed by atoms with E-state index in [1.54, 1.807) is 0 Å². The van der Waals surface area contributed by atoms with E-state index in [-0.39, 0.29) is 0 Å². The summed E-state index contributed by atoms with van der Waals surface area (Å²) in [5, 5.41) is 11.5. The van der Waals surface area contributed by atoms with Gasteiger partial charge in [-0.05, 0) is 36.2 Å². The van der Waals surface area contributed by atoms with Gasteiger partial charge < -0.3 is 9.73 Å². The summed E-state index contributed by atoms with van der Waals surface area (Å²) in [7, 11) is 0. The number of benzene rings is 2. The maximum Gasteiger partial charge on any atom is 0.235 e. The number of nitrogens with zero attached hydrogens (tertiary/aromatic N) is 2. The lowest BCUT2D eigenvalue weighted by Crippen LogP contribution is -1.99. The maximum absolute atomic E-state index is 5.67. The number of rotatable bonds is 5. The van der Waals surface area contributed by atoms with E-state index in [0.717, 1.165) is 15.7 Å². The molecular formula is C17H16BrN3O. The summed E-state index contributed by atoms with van der Waals surface area (Å²) in [6.07, 6.45) is 0.658. The van der Waals surface area contributed by atoms with Crippen LogP contribution in [0.15, 0.2) is 57.4 Å². The third kappa shape index (κ3) is 3.74. The van der Waals surface area contributed by atoms with Gasteiger partial charge in [0, 0.05) is 10.2 Å². The molecule has 0 radical (unpaired) electrons. The molecule has 0 atom stereocenters. The predicted molar refractivity (Wildman–Crippen MR) is 89.8 cm³/mol. The van der Waals surface area contributed by atoms with Crippen molar-refractivity contribution in [3.05, 3.63) is 75.9 Å². The zero-order valence-electron chi connectivity index (χ0n) is 12.2. The van der Waals surface area contributed by atoms with E-state index >= 15 is 0 Å². The molecule has 0 spiro atoms. The van der Waals surface area contributed by atoms with E-state index in [1.807, 2.05) is 42.5 Å². The molecule has 0 aliphatic heterocycles. The Morgan fingerprint density at radius 1 is 1.05 bits per heavy atom. The Morgan fingerprint density at radius 3 is 2.59 bits per heavy atom. The van der Waals surface area contributed by atoms with Crippen molar-refractivity contribution >= 4 is 21.6 Å². The molecule has 22 heavy (non-hydrogen) atoms. The summed E-state index contributed by atoms with van der Waals surface area (Å²) in [5.74, 6) is 1.22. The number of aryl methyl sites for hydroxylation is 1. The first-order valence-electron chi connectivity index (χ1n) is 7.06. The first-order valence-corrected chi connectivity index (χ1v) is 7.85. The van der Waals surface area contributed by atoms with Crippen molar-refractivity contribution in [1.82, 2.24) is 10.2 Å². The first-order chi connectivity index (χ1) is 10.7. The summed E-state index contributed by atoms with van der Waals surface area (Å²) < 4.78 is 6.77. The van der Waals surface area contributed by atoms with Crippen LogP contribution in [0.1, 0.15) is 22.9 Å². The lowest BCUT2D eigenvalue weighted by Gasteiger charge is -2.05. The minimum Gasteiger partial charge on any atom is -0.423 e. The van der Waals surface area contributed by atoms with Crippen LogP contribution >= 0.6 is 15.9 Å². The van der Waals surface area contributed by atoms with Gasteiger partial charge in [0.15, 0.2) is 0 Å². The predicted octanol–water partition coefficient (Wildman–Crippen LogP) is 4.34. The van der Waals surface area contributed by atoms with Crippen LogP contribution in [0.25, 0.3) is 0 Å². The molecule has 3 rings (SSSR count). The Bertz CT molecular complexity index is 756. The zero-order valence-corrected chi connectivity index (χ0v) is 13.8. The summed E-state index contributed by atoms with van der Waals surface area (Å²) in [6.45, 7) is 2.57. The topological polar surface area (TPSA) is 51.0 Å². The van der Waals surface area contributed by atoms with Crippen LogP contribution in [0.5, 0.6) is 0 Å². The van der Waals surface area contributed by atoms with Gasteiger partial charge in [-0.15, -0.1) is 10.2 Å². The van der Waals surface area contributed by atoms with Gasteiger partial charge in [0.2, 0.25) is 11.8 Å². The van der Waals surface area contributed by atoms with Crippen molar-refractivity contribution in [2.24, 2.45) is 0 Å². The smallest absolute Gasteiger partial charge is 0.235 e. The largest absolute Gasteiger partial charge is 0.423 e. The SMILES string of the molecule is Cc1cc(NCc2nnc(Cc3ccccc3)o2)ccc1Br. The molecule has 1 aromatic heterocycles. The lowest BCUT2D eigenvalue weighted by atomic mass is 10.2. The second-order valence-electron chi connectivity index (χ2n) is 5.07. The minimum absolute atomic E-state index is 0.517. The van der Waals surface area contributed by atoms with E-state index in [1.165, 1.54) is 5.56 Å². The second kappa shape index (κ2) is 6.75. The average Bonchev–Trinajstić information content (AvgIpc) is 2.97. The van der Waals surface area contributed by atoms with Crippen molar-refractivity contribution in [1.29, 1.82) is 0 Å². The number of halogens is 1. The maximum atomic E-state index is 5.67. The van der Waals surface area contributed by atoms with Crippen LogP contribution in [-0.2, 0) is 13.0 Å². The molecule has 3 aromatic rings. The third-order valence-electron chi connectivity index (χ3n) is 3.31. The van der Waals surface area contributed by atoms with Crippen LogP contribution in [0, 0.1) is 6.92 Å². The molecule has 0 bridgehead atoms. The Balaban J connectivity index is 1.61. The van der Waals surface area contributed by atoms with Crippen molar-refractivity contribution in [2.75, 3.05) is 5.32 Å². The molecule has 0 amide bonds. The Hall–Kier alpha value is -2.14. The molecule has 112 valence electrons. The van der Waals surface area contributed by atoms with Crippen molar-refractivity contribution in [2.45, 2.75) is 19.9 Å². The molecule has 1 N–H and O–H groups in total. The molecular weight excluding hydrogens is 342 g/mol. The van der Waals surface area contributed by atoms with Gasteiger partial charge in [0.25, 0.3) is 0 Å². The Labute approximate surface area is 137 Å². The lowest BCUT2D eigenvalue weighted by molar-refractivity contribution is 0.464. The molecule has 0 saturated carbocycles. The first kappa shape index (κ1) is 14.8. The van der Waals surface area contributed by atoms with Crippen LogP contribution in [0.3, 0.4) is 0 Å². The molecule has 0 fully saturated rings. The third-order valence-corrected chi connectivity index (χ3v) is 4.20. The minimum atomic E-state index is 0.517. The van der Waals surface area contributed by atoms with E-state index in [2.05, 4.69) is 44.4 Å². The summed E-state index contributed by atoms with van der Waals surface area (Å²) in [5.41, 5.74) is 3.37. The van der Waals surface area contributed by atoms with Gasteiger partial charge in [-0.25, -0.2) is 0 Å². The molecule has 0 saturated heterocycles. The molecule has 5 heteroatoms. The molecule has 4 nitrogen and oxygen atoms in total. The normalized spacial score (nSPS) is 10.6. The Kier molecular flexibility index (Phi) is 4.53. The van der Waals surface area contributed by atoms with Gasteiger partial charge >= 0.3 is 0 Å². The van der Waals surface area contributed by atoms with Crippen molar-refractivity contribution in [3.63, 3.8) is 0 Å². The molecule has 0 aliphatic carbocycles. The van der Waals surface area contributed by atoms with Crippen molar-refractivity contribution in [3.8, 4) is 0 Å². The van der Waals surface area contributed by atoms with Gasteiger partial charge in [-0.3, -0.25) is 0 Å². The molecule has 1 heterocycles. The average molecular weight is 358 g/mol. The fourth-order valence-corrected chi connectivity index (χ4v) is 2.38. The number of aromatic nitrogens is 2. The molecule has 2 aromatic carbocycles.